The van der Waals surface area contributed by atoms with Crippen molar-refractivity contribution in [2.24, 2.45) is 52.3 Å². The Kier molecular flexibility index (Phi) is 13.8. The quantitative estimate of drug-likeness (QED) is 0.0876. The molecule has 0 aromatic rings. The lowest BCUT2D eigenvalue weighted by molar-refractivity contribution is -0.151. The Hall–Kier alpha value is -0.790. The molecule has 2 nitrogen and oxygen atoms in total. The number of fused-ring (bicyclic) bond motifs is 5. The van der Waals surface area contributed by atoms with E-state index in [1.165, 1.54) is 116 Å². The predicted octanol–water partition coefficient (Wildman–Crippen LogP) is 12.9. The summed E-state index contributed by atoms with van der Waals surface area (Å²) in [6.07, 6.45) is 31.0. The predicted molar refractivity (Wildman–Crippen MR) is 189 cm³/mol. The number of esters is 1. The normalized spacial score (nSPS) is 34.5. The molecule has 2 heteroatoms. The van der Waals surface area contributed by atoms with Crippen LogP contribution in [0.4, 0.5) is 0 Å². The maximum absolute atomic E-state index is 12.8. The van der Waals surface area contributed by atoms with Crippen molar-refractivity contribution in [3.63, 3.8) is 0 Å². The van der Waals surface area contributed by atoms with E-state index in [1.807, 2.05) is 0 Å². The smallest absolute Gasteiger partial charge is 0.306 e. The molecule has 3 saturated carbocycles. The van der Waals surface area contributed by atoms with Crippen molar-refractivity contribution >= 4 is 5.97 Å². The van der Waals surface area contributed by atoms with Crippen molar-refractivity contribution in [3.8, 4) is 0 Å². The van der Waals surface area contributed by atoms with Gasteiger partial charge in [-0.3, -0.25) is 4.79 Å². The molecule has 0 spiro atoms. The van der Waals surface area contributed by atoms with Crippen LogP contribution in [0.5, 0.6) is 0 Å². The van der Waals surface area contributed by atoms with Crippen LogP contribution in [-0.2, 0) is 9.53 Å². The Labute approximate surface area is 274 Å². The SMILES string of the molecule is CCCCCCCCCCCCC(=O)OC1CCC2(C)C(=CCC3C2CCC2(C)C(C(C)CCC(CC)C(C)C)CCC32)C1. The van der Waals surface area contributed by atoms with Gasteiger partial charge in [0.15, 0.2) is 0 Å². The number of ether oxygens (including phenoxy) is 1. The molecule has 0 heterocycles. The molecule has 0 bridgehead atoms. The number of allylic oxidation sites excluding steroid dienone is 1. The molecule has 0 N–H and O–H groups in total. The first kappa shape index (κ1) is 36.1. The second-order valence-electron chi connectivity index (χ2n) is 17.2. The maximum atomic E-state index is 12.8. The summed E-state index contributed by atoms with van der Waals surface area (Å²) in [6, 6.07) is 0. The van der Waals surface area contributed by atoms with E-state index in [9.17, 15) is 4.79 Å². The summed E-state index contributed by atoms with van der Waals surface area (Å²) < 4.78 is 6.11. The van der Waals surface area contributed by atoms with Crippen LogP contribution < -0.4 is 0 Å². The van der Waals surface area contributed by atoms with Crippen LogP contribution in [0.15, 0.2) is 11.6 Å². The number of carbonyl (C=O) groups is 1. The van der Waals surface area contributed by atoms with Gasteiger partial charge in [0.1, 0.15) is 6.10 Å². The third kappa shape index (κ3) is 8.56. The summed E-state index contributed by atoms with van der Waals surface area (Å²) in [5.41, 5.74) is 2.52. The molecule has 0 aliphatic heterocycles. The van der Waals surface area contributed by atoms with Gasteiger partial charge in [-0.25, -0.2) is 0 Å². The van der Waals surface area contributed by atoms with Gasteiger partial charge in [-0.15, -0.1) is 0 Å². The fourth-order valence-corrected chi connectivity index (χ4v) is 11.4. The Morgan fingerprint density at radius 3 is 2.18 bits per heavy atom. The van der Waals surface area contributed by atoms with E-state index in [2.05, 4.69) is 54.5 Å². The minimum atomic E-state index is 0.0608. The van der Waals surface area contributed by atoms with E-state index < -0.39 is 0 Å². The molecule has 0 aromatic heterocycles. The molecular weight excluding hydrogens is 536 g/mol. The van der Waals surface area contributed by atoms with Gasteiger partial charge in [0.25, 0.3) is 0 Å². The first-order valence-corrected chi connectivity index (χ1v) is 20.0. The van der Waals surface area contributed by atoms with Crippen LogP contribution in [0.2, 0.25) is 0 Å². The standard InChI is InChI=1S/C42H74O2/c1-8-10-11-12-13-14-15-16-17-18-19-40(43)44-35-26-28-41(6)34(30-35)22-23-36-38-25-24-37(42(38,7)29-27-39(36)41)32(5)20-21-33(9-2)31(3)4/h22,31-33,35-39H,8-21,23-30H2,1-7H3. The highest BCUT2D eigenvalue weighted by atomic mass is 16.5. The van der Waals surface area contributed by atoms with Gasteiger partial charge in [-0.05, 0) is 110 Å². The van der Waals surface area contributed by atoms with Crippen LogP contribution in [0.25, 0.3) is 0 Å². The number of hydrogen-bond acceptors (Lipinski definition) is 2. The monoisotopic (exact) mass is 611 g/mol. The Balaban J connectivity index is 1.22. The van der Waals surface area contributed by atoms with Crippen molar-refractivity contribution in [1.82, 2.24) is 0 Å². The second kappa shape index (κ2) is 16.9. The average molecular weight is 611 g/mol. The zero-order chi connectivity index (χ0) is 31.7. The molecule has 254 valence electrons. The van der Waals surface area contributed by atoms with Crippen molar-refractivity contribution in [2.75, 3.05) is 0 Å². The fourth-order valence-electron chi connectivity index (χ4n) is 11.4. The highest BCUT2D eigenvalue weighted by Gasteiger charge is 2.59. The zero-order valence-corrected chi connectivity index (χ0v) is 30.6. The van der Waals surface area contributed by atoms with E-state index in [4.69, 9.17) is 4.74 Å². The largest absolute Gasteiger partial charge is 0.462 e. The van der Waals surface area contributed by atoms with E-state index in [-0.39, 0.29) is 12.1 Å². The Morgan fingerprint density at radius 2 is 1.52 bits per heavy atom. The third-order valence-electron chi connectivity index (χ3n) is 14.3. The molecule has 4 rings (SSSR count). The summed E-state index contributed by atoms with van der Waals surface area (Å²) in [6.45, 7) is 17.5. The van der Waals surface area contributed by atoms with E-state index in [0.717, 1.165) is 60.7 Å². The van der Waals surface area contributed by atoms with Crippen molar-refractivity contribution < 1.29 is 9.53 Å². The molecule has 0 amide bonds. The summed E-state index contributed by atoms with van der Waals surface area (Å²) in [7, 11) is 0. The van der Waals surface area contributed by atoms with Gasteiger partial charge in [0.2, 0.25) is 0 Å². The minimum Gasteiger partial charge on any atom is -0.462 e. The topological polar surface area (TPSA) is 26.3 Å². The second-order valence-corrected chi connectivity index (χ2v) is 17.2. The molecular formula is C42H74O2. The van der Waals surface area contributed by atoms with Gasteiger partial charge in [0, 0.05) is 12.8 Å². The van der Waals surface area contributed by atoms with E-state index in [0.29, 0.717) is 17.3 Å². The molecule has 4 aliphatic carbocycles. The van der Waals surface area contributed by atoms with Crippen molar-refractivity contribution in [1.29, 1.82) is 0 Å². The van der Waals surface area contributed by atoms with Gasteiger partial charge in [0.05, 0.1) is 0 Å². The molecule has 0 saturated heterocycles. The summed E-state index contributed by atoms with van der Waals surface area (Å²) in [5.74, 6) is 6.18. The van der Waals surface area contributed by atoms with Gasteiger partial charge >= 0.3 is 5.97 Å². The van der Waals surface area contributed by atoms with Crippen molar-refractivity contribution in [2.45, 2.75) is 196 Å². The number of rotatable bonds is 18. The molecule has 0 aromatic carbocycles. The summed E-state index contributed by atoms with van der Waals surface area (Å²) in [5, 5.41) is 0. The summed E-state index contributed by atoms with van der Waals surface area (Å²) in [4.78, 5) is 12.8. The molecule has 44 heavy (non-hydrogen) atoms. The number of carbonyl (C=O) groups excluding carboxylic acids is 1. The van der Waals surface area contributed by atoms with Gasteiger partial charge in [-0.1, -0.05) is 131 Å². The van der Waals surface area contributed by atoms with E-state index in [1.54, 1.807) is 5.57 Å². The van der Waals surface area contributed by atoms with Gasteiger partial charge < -0.3 is 4.74 Å². The summed E-state index contributed by atoms with van der Waals surface area (Å²) >= 11 is 0. The van der Waals surface area contributed by atoms with Crippen LogP contribution >= 0.6 is 0 Å². The Bertz CT molecular complexity index is 903. The molecule has 9 atom stereocenters. The lowest BCUT2D eigenvalue weighted by atomic mass is 9.47. The van der Waals surface area contributed by atoms with Gasteiger partial charge in [-0.2, -0.15) is 0 Å². The molecule has 0 radical (unpaired) electrons. The highest BCUT2D eigenvalue weighted by molar-refractivity contribution is 5.69. The third-order valence-corrected chi connectivity index (χ3v) is 14.3. The Morgan fingerprint density at radius 1 is 0.841 bits per heavy atom. The minimum absolute atomic E-state index is 0.0608. The van der Waals surface area contributed by atoms with Crippen molar-refractivity contribution in [3.05, 3.63) is 11.6 Å². The van der Waals surface area contributed by atoms with Crippen LogP contribution in [0.1, 0.15) is 190 Å². The molecule has 4 aliphatic rings. The molecule has 9 unspecified atom stereocenters. The van der Waals surface area contributed by atoms with Crippen LogP contribution in [0, 0.1) is 52.3 Å². The lowest BCUT2D eigenvalue weighted by Gasteiger charge is -2.58. The lowest BCUT2D eigenvalue weighted by Crippen LogP contribution is -2.51. The maximum Gasteiger partial charge on any atom is 0.306 e. The molecule has 3 fully saturated rings. The van der Waals surface area contributed by atoms with Crippen LogP contribution in [0.3, 0.4) is 0 Å². The van der Waals surface area contributed by atoms with Crippen LogP contribution in [-0.4, -0.2) is 12.1 Å². The van der Waals surface area contributed by atoms with E-state index >= 15 is 0 Å². The fraction of sp³-hybridized carbons (Fsp3) is 0.929. The zero-order valence-electron chi connectivity index (χ0n) is 30.6. The highest BCUT2D eigenvalue weighted by Crippen LogP contribution is 2.67. The number of unbranched alkanes of at least 4 members (excludes halogenated alkanes) is 9. The first-order chi connectivity index (χ1) is 21.1. The number of hydrogen-bond donors (Lipinski definition) is 0. The average Bonchev–Trinajstić information content (AvgIpc) is 3.35. The first-order valence-electron chi connectivity index (χ1n) is 20.0.